The van der Waals surface area contributed by atoms with Crippen molar-refractivity contribution in [1.82, 2.24) is 9.29 Å². The number of anilines is 1. The number of ether oxygens (including phenoxy) is 1. The van der Waals surface area contributed by atoms with Crippen LogP contribution in [0.4, 0.5) is 5.13 Å². The number of aromatic nitrogens is 1. The number of sulfonamides is 1. The van der Waals surface area contributed by atoms with Gasteiger partial charge < -0.3 is 9.64 Å². The van der Waals surface area contributed by atoms with Crippen molar-refractivity contribution in [1.29, 1.82) is 0 Å². The first-order chi connectivity index (χ1) is 13.5. The number of thiazole rings is 1. The highest BCUT2D eigenvalue weighted by molar-refractivity contribution is 7.89. The van der Waals surface area contributed by atoms with E-state index < -0.39 is 10.0 Å². The third-order valence-electron chi connectivity index (χ3n) is 4.84. The molecule has 0 radical (unpaired) electrons. The highest BCUT2D eigenvalue weighted by Crippen LogP contribution is 2.34. The first kappa shape index (κ1) is 19.2. The summed E-state index contributed by atoms with van der Waals surface area (Å²) in [6.45, 7) is 6.64. The monoisotopic (exact) mass is 417 g/mol. The Kier molecular flexibility index (Phi) is 5.27. The average molecular weight is 418 g/mol. The largest absolute Gasteiger partial charge is 0.492 e. The maximum Gasteiger partial charge on any atom is 0.243 e. The van der Waals surface area contributed by atoms with Gasteiger partial charge in [-0.2, -0.15) is 4.31 Å². The first-order valence-corrected chi connectivity index (χ1v) is 11.6. The van der Waals surface area contributed by atoms with Crippen LogP contribution in [0.2, 0.25) is 0 Å². The van der Waals surface area contributed by atoms with Crippen LogP contribution < -0.4 is 9.64 Å². The van der Waals surface area contributed by atoms with Crippen molar-refractivity contribution < 1.29 is 13.2 Å². The lowest BCUT2D eigenvalue weighted by atomic mass is 10.2. The van der Waals surface area contributed by atoms with Crippen LogP contribution in [-0.4, -0.2) is 50.5 Å². The van der Waals surface area contributed by atoms with E-state index in [1.54, 1.807) is 27.8 Å². The van der Waals surface area contributed by atoms with Crippen molar-refractivity contribution in [2.24, 2.45) is 0 Å². The van der Waals surface area contributed by atoms with E-state index in [-0.39, 0.29) is 0 Å². The minimum Gasteiger partial charge on any atom is -0.492 e. The van der Waals surface area contributed by atoms with Crippen LogP contribution in [0.25, 0.3) is 10.2 Å². The molecule has 4 rings (SSSR count). The number of aryl methyl sites for hydroxylation is 1. The topological polar surface area (TPSA) is 62.7 Å². The number of piperazine rings is 1. The van der Waals surface area contributed by atoms with E-state index in [0.29, 0.717) is 37.7 Å². The lowest BCUT2D eigenvalue weighted by Crippen LogP contribution is -2.48. The average Bonchev–Trinajstić information content (AvgIpc) is 3.14. The molecular formula is C20H23N3O3S2. The summed E-state index contributed by atoms with van der Waals surface area (Å²) in [5, 5.41) is 0.912. The van der Waals surface area contributed by atoms with Gasteiger partial charge in [0, 0.05) is 26.2 Å². The van der Waals surface area contributed by atoms with Gasteiger partial charge in [0.1, 0.15) is 11.3 Å². The Hall–Kier alpha value is -2.16. The van der Waals surface area contributed by atoms with Gasteiger partial charge in [-0.25, -0.2) is 13.4 Å². The Morgan fingerprint density at radius 3 is 2.46 bits per heavy atom. The van der Waals surface area contributed by atoms with Gasteiger partial charge in [0.15, 0.2) is 5.13 Å². The summed E-state index contributed by atoms with van der Waals surface area (Å²) in [6.07, 6.45) is 0. The van der Waals surface area contributed by atoms with E-state index >= 15 is 0 Å². The Labute approximate surface area is 169 Å². The van der Waals surface area contributed by atoms with Crippen LogP contribution in [0.3, 0.4) is 0 Å². The molecule has 1 aromatic heterocycles. The predicted molar refractivity (Wildman–Crippen MR) is 113 cm³/mol. The van der Waals surface area contributed by atoms with E-state index in [1.165, 1.54) is 0 Å². The number of benzene rings is 2. The molecule has 6 nitrogen and oxygen atoms in total. The zero-order valence-electron chi connectivity index (χ0n) is 16.0. The predicted octanol–water partition coefficient (Wildman–Crippen LogP) is 3.51. The van der Waals surface area contributed by atoms with Crippen molar-refractivity contribution in [2.45, 2.75) is 18.7 Å². The summed E-state index contributed by atoms with van der Waals surface area (Å²) in [6, 6.07) is 13.0. The van der Waals surface area contributed by atoms with Gasteiger partial charge in [0.25, 0.3) is 0 Å². The zero-order chi connectivity index (χ0) is 19.7. The molecule has 0 spiro atoms. The van der Waals surface area contributed by atoms with Crippen molar-refractivity contribution in [3.63, 3.8) is 0 Å². The smallest absolute Gasteiger partial charge is 0.243 e. The molecule has 2 aromatic carbocycles. The lowest BCUT2D eigenvalue weighted by molar-refractivity contribution is 0.343. The zero-order valence-corrected chi connectivity index (χ0v) is 17.6. The summed E-state index contributed by atoms with van der Waals surface area (Å²) < 4.78 is 34.1. The molecule has 28 heavy (non-hydrogen) atoms. The van der Waals surface area contributed by atoms with E-state index in [0.717, 1.165) is 26.7 Å². The van der Waals surface area contributed by atoms with Gasteiger partial charge in [0.2, 0.25) is 10.0 Å². The van der Waals surface area contributed by atoms with Crippen molar-refractivity contribution in [2.75, 3.05) is 37.7 Å². The maximum atomic E-state index is 12.9. The molecule has 1 fully saturated rings. The lowest BCUT2D eigenvalue weighted by Gasteiger charge is -2.33. The Balaban J connectivity index is 1.50. The van der Waals surface area contributed by atoms with E-state index in [4.69, 9.17) is 9.72 Å². The van der Waals surface area contributed by atoms with Crippen LogP contribution in [-0.2, 0) is 10.0 Å². The normalized spacial score (nSPS) is 15.9. The molecule has 0 bridgehead atoms. The number of rotatable bonds is 5. The Morgan fingerprint density at radius 2 is 1.79 bits per heavy atom. The summed E-state index contributed by atoms with van der Waals surface area (Å²) in [5.74, 6) is 0.795. The molecule has 3 aromatic rings. The number of para-hydroxylation sites is 1. The minimum absolute atomic E-state index is 0.355. The van der Waals surface area contributed by atoms with Gasteiger partial charge in [-0.1, -0.05) is 35.1 Å². The van der Waals surface area contributed by atoms with E-state index in [2.05, 4.69) is 4.90 Å². The summed E-state index contributed by atoms with van der Waals surface area (Å²) in [7, 11) is -3.45. The van der Waals surface area contributed by atoms with Crippen LogP contribution >= 0.6 is 11.3 Å². The second-order valence-corrected chi connectivity index (χ2v) is 9.68. The Bertz CT molecular complexity index is 1070. The van der Waals surface area contributed by atoms with Gasteiger partial charge in [-0.15, -0.1) is 0 Å². The fraction of sp³-hybridized carbons (Fsp3) is 0.350. The standard InChI is InChI=1S/C20H23N3O3S2/c1-3-26-17-5-4-6-18-19(17)21-20(27-18)22-11-13-23(14-12-22)28(24,25)16-9-7-15(2)8-10-16/h4-10H,3,11-14H2,1-2H3. The SMILES string of the molecule is CCOc1cccc2sc(N3CCN(S(=O)(=O)c4ccc(C)cc4)CC3)nc12. The molecule has 1 aliphatic heterocycles. The van der Waals surface area contributed by atoms with Crippen LogP contribution in [0.1, 0.15) is 12.5 Å². The molecule has 8 heteroatoms. The molecule has 148 valence electrons. The molecule has 2 heterocycles. The van der Waals surface area contributed by atoms with E-state index in [9.17, 15) is 8.42 Å². The fourth-order valence-corrected chi connectivity index (χ4v) is 5.75. The molecular weight excluding hydrogens is 394 g/mol. The molecule has 0 amide bonds. The van der Waals surface area contributed by atoms with Crippen LogP contribution in [0.5, 0.6) is 5.75 Å². The maximum absolute atomic E-state index is 12.9. The molecule has 0 unspecified atom stereocenters. The highest BCUT2D eigenvalue weighted by atomic mass is 32.2. The minimum atomic E-state index is -3.45. The van der Waals surface area contributed by atoms with Gasteiger partial charge >= 0.3 is 0 Å². The third-order valence-corrected chi connectivity index (χ3v) is 7.83. The number of nitrogens with zero attached hydrogens (tertiary/aromatic N) is 3. The Morgan fingerprint density at radius 1 is 1.07 bits per heavy atom. The second kappa shape index (κ2) is 7.69. The fourth-order valence-electron chi connectivity index (χ4n) is 3.30. The molecule has 1 aliphatic rings. The van der Waals surface area contributed by atoms with Gasteiger partial charge in [-0.3, -0.25) is 0 Å². The number of hydrogen-bond acceptors (Lipinski definition) is 6. The van der Waals surface area contributed by atoms with Crippen LogP contribution in [0, 0.1) is 6.92 Å². The van der Waals surface area contributed by atoms with Gasteiger partial charge in [-0.05, 0) is 38.1 Å². The molecule has 1 saturated heterocycles. The van der Waals surface area contributed by atoms with Gasteiger partial charge in [0.05, 0.1) is 16.2 Å². The van der Waals surface area contributed by atoms with Crippen LogP contribution in [0.15, 0.2) is 47.4 Å². The quantitative estimate of drug-likeness (QED) is 0.636. The molecule has 0 N–H and O–H groups in total. The highest BCUT2D eigenvalue weighted by Gasteiger charge is 2.29. The number of fused-ring (bicyclic) bond motifs is 1. The molecule has 0 saturated carbocycles. The van der Waals surface area contributed by atoms with Crippen molar-refractivity contribution in [3.8, 4) is 5.75 Å². The summed E-state index contributed by atoms with van der Waals surface area (Å²) in [5.41, 5.74) is 1.92. The summed E-state index contributed by atoms with van der Waals surface area (Å²) >= 11 is 1.62. The third kappa shape index (κ3) is 3.59. The second-order valence-electron chi connectivity index (χ2n) is 6.74. The molecule has 0 atom stereocenters. The summed E-state index contributed by atoms with van der Waals surface area (Å²) in [4.78, 5) is 7.27. The van der Waals surface area contributed by atoms with Crippen molar-refractivity contribution in [3.05, 3.63) is 48.0 Å². The van der Waals surface area contributed by atoms with E-state index in [1.807, 2.05) is 44.2 Å². The first-order valence-electron chi connectivity index (χ1n) is 9.33. The van der Waals surface area contributed by atoms with Crippen molar-refractivity contribution >= 4 is 36.7 Å². The molecule has 0 aliphatic carbocycles. The number of hydrogen-bond donors (Lipinski definition) is 0.